The summed E-state index contributed by atoms with van der Waals surface area (Å²) in [4.78, 5) is 37.6. The number of quaternary nitrogens is 1. The lowest BCUT2D eigenvalue weighted by molar-refractivity contribution is -0.870. The van der Waals surface area contributed by atoms with Crippen LogP contribution in [0.15, 0.2) is 48.6 Å². The summed E-state index contributed by atoms with van der Waals surface area (Å²) in [5.74, 6) is -2.25. The minimum Gasteiger partial charge on any atom is -0.545 e. The number of unbranched alkanes of at least 4 members (excludes halogenated alkanes) is 50. The molecule has 0 aliphatic carbocycles. The first-order valence-corrected chi connectivity index (χ1v) is 38.8. The molecule has 0 saturated carbocycles. The van der Waals surface area contributed by atoms with Gasteiger partial charge in [0.2, 0.25) is 0 Å². The molecule has 0 bridgehead atoms. The summed E-state index contributed by atoms with van der Waals surface area (Å²) < 4.78 is 22.9. The van der Waals surface area contributed by atoms with Gasteiger partial charge in [-0.25, -0.2) is 0 Å². The number of nitrogens with zero attached hydrogens (tertiary/aromatic N) is 1. The van der Waals surface area contributed by atoms with E-state index in [2.05, 4.69) is 62.5 Å². The Morgan fingerprint density at radius 3 is 0.955 bits per heavy atom. The lowest BCUT2D eigenvalue weighted by Crippen LogP contribution is -2.44. The molecule has 0 amide bonds. The number of allylic oxidation sites excluding steroid dienone is 8. The fourth-order valence-electron chi connectivity index (χ4n) is 11.7. The Kier molecular flexibility index (Phi) is 68.9. The van der Waals surface area contributed by atoms with E-state index in [0.29, 0.717) is 23.9 Å². The van der Waals surface area contributed by atoms with Gasteiger partial charge < -0.3 is 33.3 Å². The third-order valence-electron chi connectivity index (χ3n) is 17.6. The summed E-state index contributed by atoms with van der Waals surface area (Å²) in [5, 5.41) is 11.8. The Hall–Kier alpha value is -2.75. The van der Waals surface area contributed by atoms with Gasteiger partial charge in [0.15, 0.2) is 12.4 Å². The molecule has 0 N–H and O–H groups in total. The molecule has 0 saturated heterocycles. The zero-order valence-electron chi connectivity index (χ0n) is 59.8. The Bertz CT molecular complexity index is 1600. The predicted molar refractivity (Wildman–Crippen MR) is 380 cm³/mol. The molecule has 0 spiro atoms. The highest BCUT2D eigenvalue weighted by Gasteiger charge is 2.22. The molecule has 9 heteroatoms. The monoisotopic (exact) mass is 1250 g/mol. The predicted octanol–water partition coefficient (Wildman–Crippen LogP) is 23.1. The summed E-state index contributed by atoms with van der Waals surface area (Å²) in [6.07, 6.45) is 89.5. The van der Waals surface area contributed by atoms with E-state index in [9.17, 15) is 19.5 Å². The number of esters is 2. The maximum atomic E-state index is 13.0. The molecule has 0 heterocycles. The Balaban J connectivity index is 3.98. The molecule has 2 atom stereocenters. The summed E-state index contributed by atoms with van der Waals surface area (Å²) in [6.45, 7) is 4.71. The van der Waals surface area contributed by atoms with Crippen molar-refractivity contribution in [2.45, 2.75) is 399 Å². The number of carbonyl (C=O) groups excluding carboxylic acids is 3. The average Bonchev–Trinajstić information content (AvgIpc) is 3.71. The first-order chi connectivity index (χ1) is 43.6. The van der Waals surface area contributed by atoms with E-state index < -0.39 is 24.3 Å². The number of carboxylic acids is 1. The molecule has 89 heavy (non-hydrogen) atoms. The largest absolute Gasteiger partial charge is 0.545 e. The second-order valence-corrected chi connectivity index (χ2v) is 27.6. The van der Waals surface area contributed by atoms with Crippen molar-refractivity contribution in [2.24, 2.45) is 0 Å². The summed E-state index contributed by atoms with van der Waals surface area (Å²) in [6, 6.07) is 0. The van der Waals surface area contributed by atoms with Crippen molar-refractivity contribution in [3.05, 3.63) is 48.6 Å². The quantitative estimate of drug-likeness (QED) is 0.0195. The first kappa shape index (κ1) is 86.2. The van der Waals surface area contributed by atoms with Crippen LogP contribution in [-0.2, 0) is 33.3 Å². The smallest absolute Gasteiger partial charge is 0.306 e. The van der Waals surface area contributed by atoms with Crippen molar-refractivity contribution in [3.8, 4) is 0 Å². The van der Waals surface area contributed by atoms with E-state index in [1.807, 2.05) is 21.1 Å². The van der Waals surface area contributed by atoms with E-state index in [4.69, 9.17) is 18.9 Å². The van der Waals surface area contributed by atoms with Gasteiger partial charge in [-0.3, -0.25) is 9.59 Å². The molecule has 0 aromatic heterocycles. The number of ether oxygens (including phenoxy) is 4. The van der Waals surface area contributed by atoms with Crippen molar-refractivity contribution >= 4 is 17.9 Å². The number of carboxylic acid groups (broad SMARTS) is 1. The van der Waals surface area contributed by atoms with Crippen LogP contribution in [0.2, 0.25) is 0 Å². The Labute approximate surface area is 553 Å². The minimum atomic E-state index is -1.62. The number of hydrogen-bond acceptors (Lipinski definition) is 8. The normalized spacial score (nSPS) is 12.9. The van der Waals surface area contributed by atoms with Crippen molar-refractivity contribution in [2.75, 3.05) is 47.5 Å². The van der Waals surface area contributed by atoms with Crippen molar-refractivity contribution in [1.29, 1.82) is 0 Å². The molecule has 522 valence electrons. The van der Waals surface area contributed by atoms with Gasteiger partial charge in [0.1, 0.15) is 13.2 Å². The number of hydrogen-bond donors (Lipinski definition) is 0. The van der Waals surface area contributed by atoms with Crippen LogP contribution in [0, 0.1) is 0 Å². The van der Waals surface area contributed by atoms with E-state index in [1.165, 1.54) is 295 Å². The van der Waals surface area contributed by atoms with Crippen LogP contribution in [0.1, 0.15) is 386 Å². The molecule has 0 aromatic rings. The number of likely N-dealkylation sites (N-methyl/N-ethyl adjacent to an activating group) is 1. The molecule has 0 aromatic carbocycles. The van der Waals surface area contributed by atoms with E-state index in [0.717, 1.165) is 57.8 Å². The Morgan fingerprint density at radius 1 is 0.348 bits per heavy atom. The number of aliphatic carboxylic acids is 1. The highest BCUT2D eigenvalue weighted by molar-refractivity contribution is 5.70. The third-order valence-corrected chi connectivity index (χ3v) is 17.6. The maximum Gasteiger partial charge on any atom is 0.306 e. The van der Waals surface area contributed by atoms with Crippen LogP contribution in [0.5, 0.6) is 0 Å². The minimum absolute atomic E-state index is 0.150. The molecular formula is C80H149NO8. The lowest BCUT2D eigenvalue weighted by Gasteiger charge is -2.26. The van der Waals surface area contributed by atoms with Gasteiger partial charge in [-0.05, 0) is 51.4 Å². The molecule has 2 unspecified atom stereocenters. The summed E-state index contributed by atoms with van der Waals surface area (Å²) in [7, 11) is 5.95. The van der Waals surface area contributed by atoms with Crippen LogP contribution in [-0.4, -0.2) is 82.3 Å². The fraction of sp³-hybridized carbons (Fsp3) is 0.863. The second kappa shape index (κ2) is 71.1. The van der Waals surface area contributed by atoms with Gasteiger partial charge >= 0.3 is 11.9 Å². The molecular weight excluding hydrogens is 1100 g/mol. The van der Waals surface area contributed by atoms with Crippen LogP contribution >= 0.6 is 0 Å². The lowest BCUT2D eigenvalue weighted by atomic mass is 10.0. The van der Waals surface area contributed by atoms with Crippen molar-refractivity contribution in [3.63, 3.8) is 0 Å². The van der Waals surface area contributed by atoms with Gasteiger partial charge in [0, 0.05) is 12.8 Å². The van der Waals surface area contributed by atoms with E-state index >= 15 is 0 Å². The Morgan fingerprint density at radius 2 is 0.640 bits per heavy atom. The molecule has 0 aliphatic rings. The molecule has 9 nitrogen and oxygen atoms in total. The molecule has 0 rings (SSSR count). The summed E-state index contributed by atoms with van der Waals surface area (Å²) >= 11 is 0. The van der Waals surface area contributed by atoms with E-state index in [-0.39, 0.29) is 32.2 Å². The highest BCUT2D eigenvalue weighted by Crippen LogP contribution is 2.20. The van der Waals surface area contributed by atoms with Crippen LogP contribution < -0.4 is 5.11 Å². The van der Waals surface area contributed by atoms with Gasteiger partial charge in [-0.2, -0.15) is 0 Å². The number of rotatable bonds is 73. The van der Waals surface area contributed by atoms with Crippen LogP contribution in [0.25, 0.3) is 0 Å². The molecule has 0 aliphatic heterocycles. The van der Waals surface area contributed by atoms with Gasteiger partial charge in [0.05, 0.1) is 40.3 Å². The van der Waals surface area contributed by atoms with Crippen molar-refractivity contribution in [1.82, 2.24) is 0 Å². The molecule has 0 radical (unpaired) electrons. The third kappa shape index (κ3) is 72.5. The van der Waals surface area contributed by atoms with Gasteiger partial charge in [0.25, 0.3) is 0 Å². The average molecular weight is 1250 g/mol. The topological polar surface area (TPSA) is 111 Å². The van der Waals surface area contributed by atoms with Crippen LogP contribution in [0.4, 0.5) is 0 Å². The summed E-state index contributed by atoms with van der Waals surface area (Å²) in [5.41, 5.74) is 0. The van der Waals surface area contributed by atoms with Crippen LogP contribution in [0.3, 0.4) is 0 Å². The number of carbonyl (C=O) groups is 3. The molecule has 0 fully saturated rings. The second-order valence-electron chi connectivity index (χ2n) is 27.6. The van der Waals surface area contributed by atoms with E-state index in [1.54, 1.807) is 0 Å². The van der Waals surface area contributed by atoms with Gasteiger partial charge in [-0.1, -0.05) is 371 Å². The highest BCUT2D eigenvalue weighted by atomic mass is 16.7. The van der Waals surface area contributed by atoms with Crippen molar-refractivity contribution < 1.29 is 42.9 Å². The first-order valence-electron chi connectivity index (χ1n) is 38.8. The zero-order valence-corrected chi connectivity index (χ0v) is 59.8. The fourth-order valence-corrected chi connectivity index (χ4v) is 11.7. The maximum absolute atomic E-state index is 13.0. The standard InChI is InChI=1S/C80H149NO8/c1-6-8-10-12-14-16-18-20-22-24-26-28-30-32-34-36-37-38-39-40-41-43-44-46-48-50-52-54-56-58-60-62-64-66-68-70-77(82)87-74-76(75-88-80(79(84)85)86-73-72-81(3,4)5)89-78(83)71-69-67-65-63-61-59-57-55-53-51-49-47-45-42-35-33-31-29-27-25-23-21-19-17-15-13-11-9-7-2/h9,11,15,17,21,23,27,29,76,80H,6-8,10,12-14,16,18-20,22,24-26,28,30-75H2,1-5H3/b11-9-,17-15-,23-21-,29-27-. The zero-order chi connectivity index (χ0) is 64.7. The SMILES string of the molecule is CC/C=C\C/C=C\C/C=C\C/C=C\CCCCCCCCCCCCCCCCCCC(=O)OC(COC(=O)CCCCCCCCCCCCCCCCCCCCCCCCCCCCCCCCCCCCC)COC(OCC[N+](C)(C)C)C(=O)[O-]. The van der Waals surface area contributed by atoms with Gasteiger partial charge in [-0.15, -0.1) is 0 Å².